The number of carbonyl (C=O) groups excluding carboxylic acids is 1. The molecule has 0 radical (unpaired) electrons. The molecule has 1 fully saturated rings. The fourth-order valence-electron chi connectivity index (χ4n) is 3.68. The number of rotatable bonds is 5. The van der Waals surface area contributed by atoms with Crippen molar-refractivity contribution in [3.8, 4) is 0 Å². The molecule has 0 aromatic carbocycles. The van der Waals surface area contributed by atoms with Gasteiger partial charge in [0.25, 0.3) is 5.91 Å². The molecular weight excluding hydrogens is 362 g/mol. The topological polar surface area (TPSA) is 83.6 Å². The van der Waals surface area contributed by atoms with Gasteiger partial charge < -0.3 is 16.0 Å². The zero-order valence-electron chi connectivity index (χ0n) is 18.7. The van der Waals surface area contributed by atoms with E-state index in [1.54, 1.807) is 19.5 Å². The Labute approximate surface area is 175 Å². The molecule has 1 aromatic heterocycles. The zero-order valence-corrected chi connectivity index (χ0v) is 18.7. The monoisotopic (exact) mass is 397 g/mol. The van der Waals surface area contributed by atoms with Crippen molar-refractivity contribution in [2.45, 2.75) is 53.9 Å². The third kappa shape index (κ3) is 5.46. The second kappa shape index (κ2) is 9.72. The molecule has 0 saturated carbocycles. The second-order valence-electron chi connectivity index (χ2n) is 8.44. The molecule has 1 saturated heterocycles. The third-order valence-corrected chi connectivity index (χ3v) is 5.69. The summed E-state index contributed by atoms with van der Waals surface area (Å²) in [6.07, 6.45) is 10.2. The van der Waals surface area contributed by atoms with E-state index in [1.807, 2.05) is 26.8 Å². The summed E-state index contributed by atoms with van der Waals surface area (Å²) < 4.78 is 0. The summed E-state index contributed by atoms with van der Waals surface area (Å²) in [6, 6.07) is 0. The molecule has 3 N–H and O–H groups in total. The van der Waals surface area contributed by atoms with Gasteiger partial charge in [0, 0.05) is 55.6 Å². The van der Waals surface area contributed by atoms with Crippen LogP contribution in [0.5, 0.6) is 0 Å². The fourth-order valence-corrected chi connectivity index (χ4v) is 3.68. The number of pyridine rings is 1. The first kappa shape index (κ1) is 22.7. The number of carbonyl (C=O) groups is 1. The van der Waals surface area contributed by atoms with Gasteiger partial charge in [-0.05, 0) is 51.0 Å². The lowest BCUT2D eigenvalue weighted by atomic mass is 9.85. The second-order valence-corrected chi connectivity index (χ2v) is 8.44. The Morgan fingerprint density at radius 1 is 1.34 bits per heavy atom. The summed E-state index contributed by atoms with van der Waals surface area (Å²) in [4.78, 5) is 24.3. The van der Waals surface area contributed by atoms with Crippen LogP contribution in [0.3, 0.4) is 0 Å². The first-order valence-corrected chi connectivity index (χ1v) is 10.3. The van der Waals surface area contributed by atoms with E-state index >= 15 is 0 Å². The van der Waals surface area contributed by atoms with E-state index in [-0.39, 0.29) is 5.91 Å². The Morgan fingerprint density at radius 2 is 2.07 bits per heavy atom. The van der Waals surface area contributed by atoms with Crippen LogP contribution in [0.15, 0.2) is 29.2 Å². The van der Waals surface area contributed by atoms with Gasteiger partial charge in [0.05, 0.1) is 5.56 Å². The number of nitrogens with zero attached hydrogens (tertiary/aromatic N) is 3. The van der Waals surface area contributed by atoms with Gasteiger partial charge in [-0.2, -0.15) is 0 Å². The normalized spacial score (nSPS) is 18.1. The Morgan fingerprint density at radius 3 is 2.69 bits per heavy atom. The lowest BCUT2D eigenvalue weighted by molar-refractivity contribution is 0.0965. The van der Waals surface area contributed by atoms with Crippen LogP contribution in [-0.2, 0) is 0 Å². The first-order chi connectivity index (χ1) is 13.7. The lowest BCUT2D eigenvalue weighted by Gasteiger charge is -2.27. The Kier molecular flexibility index (Phi) is 7.59. The number of hydrogen-bond donors (Lipinski definition) is 2. The van der Waals surface area contributed by atoms with Gasteiger partial charge in [0.2, 0.25) is 0 Å². The van der Waals surface area contributed by atoms with Crippen molar-refractivity contribution in [2.75, 3.05) is 25.0 Å². The number of amides is 1. The van der Waals surface area contributed by atoms with E-state index in [9.17, 15) is 4.79 Å². The number of anilines is 1. The van der Waals surface area contributed by atoms with Crippen molar-refractivity contribution in [2.24, 2.45) is 16.1 Å². The van der Waals surface area contributed by atoms with Crippen LogP contribution < -0.4 is 16.0 Å². The lowest BCUT2D eigenvalue weighted by Crippen LogP contribution is -2.31. The average Bonchev–Trinajstić information content (AvgIpc) is 2.86. The average molecular weight is 398 g/mol. The van der Waals surface area contributed by atoms with Crippen LogP contribution in [0.1, 0.15) is 68.4 Å². The quantitative estimate of drug-likeness (QED) is 0.734. The smallest absolute Gasteiger partial charge is 0.259 e. The Hall–Kier alpha value is -2.63. The summed E-state index contributed by atoms with van der Waals surface area (Å²) in [5.74, 6) is 0.603. The van der Waals surface area contributed by atoms with E-state index in [0.717, 1.165) is 54.1 Å². The van der Waals surface area contributed by atoms with E-state index < -0.39 is 0 Å². The summed E-state index contributed by atoms with van der Waals surface area (Å²) >= 11 is 0. The van der Waals surface area contributed by atoms with Crippen molar-refractivity contribution in [3.05, 3.63) is 40.9 Å². The molecule has 1 amide bonds. The number of allylic oxidation sites excluding steroid dienone is 3. The summed E-state index contributed by atoms with van der Waals surface area (Å²) in [5.41, 5.74) is 9.97. The largest absolute Gasteiger partial charge is 0.404 e. The molecule has 29 heavy (non-hydrogen) atoms. The molecule has 6 nitrogen and oxygen atoms in total. The van der Waals surface area contributed by atoms with Crippen LogP contribution in [-0.4, -0.2) is 37.2 Å². The van der Waals surface area contributed by atoms with Gasteiger partial charge >= 0.3 is 0 Å². The third-order valence-electron chi connectivity index (χ3n) is 5.69. The maximum Gasteiger partial charge on any atom is 0.259 e. The molecular formula is C23H35N5O. The fraction of sp³-hybridized carbons (Fsp3) is 0.522. The van der Waals surface area contributed by atoms with E-state index in [2.05, 4.69) is 29.1 Å². The molecule has 1 aliphatic rings. The van der Waals surface area contributed by atoms with Gasteiger partial charge in [-0.1, -0.05) is 19.9 Å². The van der Waals surface area contributed by atoms with Crippen molar-refractivity contribution < 1.29 is 4.79 Å². The molecule has 2 rings (SSSR count). The SMILES string of the molecule is C/C=C(\C)NC(=O)c1c(N2CCCC(C)(C)CC2)ncc(/C(C=NC)=C/N)c1C. The molecule has 0 atom stereocenters. The van der Waals surface area contributed by atoms with Gasteiger partial charge in [-0.25, -0.2) is 4.98 Å². The van der Waals surface area contributed by atoms with E-state index in [1.165, 1.54) is 12.6 Å². The van der Waals surface area contributed by atoms with E-state index in [4.69, 9.17) is 10.7 Å². The molecule has 0 unspecified atom stereocenters. The first-order valence-electron chi connectivity index (χ1n) is 10.3. The number of nitrogens with two attached hydrogens (primary N) is 1. The molecule has 158 valence electrons. The molecule has 1 aromatic rings. The zero-order chi connectivity index (χ0) is 21.6. The number of nitrogens with one attached hydrogen (secondary N) is 1. The highest BCUT2D eigenvalue weighted by Gasteiger charge is 2.28. The summed E-state index contributed by atoms with van der Waals surface area (Å²) in [5, 5.41) is 2.99. The molecule has 0 aliphatic carbocycles. The van der Waals surface area contributed by atoms with Gasteiger partial charge in [0.15, 0.2) is 0 Å². The predicted molar refractivity (Wildman–Crippen MR) is 122 cm³/mol. The van der Waals surface area contributed by atoms with Crippen molar-refractivity contribution in [1.82, 2.24) is 10.3 Å². The number of aliphatic imine (C=N–C) groups is 1. The highest BCUT2D eigenvalue weighted by atomic mass is 16.1. The minimum Gasteiger partial charge on any atom is -0.404 e. The summed E-state index contributed by atoms with van der Waals surface area (Å²) in [7, 11) is 1.70. The molecule has 2 heterocycles. The van der Waals surface area contributed by atoms with Crippen LogP contribution in [0, 0.1) is 12.3 Å². The molecule has 0 spiro atoms. The van der Waals surface area contributed by atoms with Crippen molar-refractivity contribution in [3.63, 3.8) is 0 Å². The van der Waals surface area contributed by atoms with Crippen molar-refractivity contribution in [1.29, 1.82) is 0 Å². The highest BCUT2D eigenvalue weighted by molar-refractivity contribution is 6.12. The van der Waals surface area contributed by atoms with Crippen molar-refractivity contribution >= 4 is 23.5 Å². The highest BCUT2D eigenvalue weighted by Crippen LogP contribution is 2.34. The van der Waals surface area contributed by atoms with E-state index in [0.29, 0.717) is 11.0 Å². The van der Waals surface area contributed by atoms with Crippen LogP contribution >= 0.6 is 0 Å². The predicted octanol–water partition coefficient (Wildman–Crippen LogP) is 4.06. The minimum atomic E-state index is -0.143. The van der Waals surface area contributed by atoms with Crippen LogP contribution in [0.2, 0.25) is 0 Å². The standard InChI is InChI=1S/C23H35N5O/c1-7-16(2)27-22(29)20-17(3)19(18(13-24)14-25-6)15-26-21(20)28-11-8-9-23(4,5)10-12-28/h7,13-15H,8-12,24H2,1-6H3,(H,27,29)/b16-7+,18-13+,25-14?. The summed E-state index contributed by atoms with van der Waals surface area (Å²) in [6.45, 7) is 12.1. The number of aromatic nitrogens is 1. The maximum atomic E-state index is 13.2. The van der Waals surface area contributed by atoms with Crippen LogP contribution in [0.4, 0.5) is 5.82 Å². The van der Waals surface area contributed by atoms with Gasteiger partial charge in [-0.15, -0.1) is 0 Å². The molecule has 0 bridgehead atoms. The van der Waals surface area contributed by atoms with Crippen LogP contribution in [0.25, 0.3) is 5.57 Å². The van der Waals surface area contributed by atoms with Gasteiger partial charge in [0.1, 0.15) is 5.82 Å². The van der Waals surface area contributed by atoms with Gasteiger partial charge in [-0.3, -0.25) is 9.79 Å². The molecule has 1 aliphatic heterocycles. The Bertz CT molecular complexity index is 836. The Balaban J connectivity index is 2.58. The minimum absolute atomic E-state index is 0.143. The molecule has 6 heteroatoms. The number of hydrogen-bond acceptors (Lipinski definition) is 5. The maximum absolute atomic E-state index is 13.2.